The standard InChI is InChI=1S/C22H19Cl3N2O3S/c1-15-2-5-19(25)12-21(15)26-22(28)14-27(13-16-3-6-17(23)7-4-16)31(29,30)20-10-8-18(24)9-11-20/h2-12H,13-14H2,1H3,(H,26,28). The largest absolute Gasteiger partial charge is 0.325 e. The molecule has 3 rings (SSSR count). The van der Waals surface area contributed by atoms with Crippen molar-refractivity contribution < 1.29 is 13.2 Å². The topological polar surface area (TPSA) is 66.5 Å². The summed E-state index contributed by atoms with van der Waals surface area (Å²) in [6, 6.07) is 17.7. The Morgan fingerprint density at radius 2 is 1.42 bits per heavy atom. The van der Waals surface area contributed by atoms with Crippen molar-refractivity contribution in [3.05, 3.63) is 92.9 Å². The Morgan fingerprint density at radius 3 is 2.03 bits per heavy atom. The van der Waals surface area contributed by atoms with Crippen LogP contribution in [-0.2, 0) is 21.4 Å². The number of anilines is 1. The number of hydrogen-bond donors (Lipinski definition) is 1. The van der Waals surface area contributed by atoms with Crippen molar-refractivity contribution in [3.8, 4) is 0 Å². The summed E-state index contributed by atoms with van der Waals surface area (Å²) in [4.78, 5) is 12.8. The van der Waals surface area contributed by atoms with Gasteiger partial charge in [-0.15, -0.1) is 0 Å². The molecule has 9 heteroatoms. The lowest BCUT2D eigenvalue weighted by atomic mass is 10.2. The van der Waals surface area contributed by atoms with Gasteiger partial charge in [-0.25, -0.2) is 8.42 Å². The molecule has 0 fully saturated rings. The van der Waals surface area contributed by atoms with E-state index in [1.165, 1.54) is 24.3 Å². The molecule has 0 aliphatic carbocycles. The molecule has 0 radical (unpaired) electrons. The number of hydrogen-bond acceptors (Lipinski definition) is 3. The smallest absolute Gasteiger partial charge is 0.243 e. The molecule has 0 spiro atoms. The van der Waals surface area contributed by atoms with E-state index in [9.17, 15) is 13.2 Å². The lowest BCUT2D eigenvalue weighted by Gasteiger charge is -2.22. The zero-order chi connectivity index (χ0) is 22.6. The molecule has 0 saturated heterocycles. The highest BCUT2D eigenvalue weighted by Crippen LogP contribution is 2.23. The number of amides is 1. The number of nitrogens with zero attached hydrogens (tertiary/aromatic N) is 1. The van der Waals surface area contributed by atoms with Gasteiger partial charge in [0.05, 0.1) is 11.4 Å². The van der Waals surface area contributed by atoms with E-state index in [0.29, 0.717) is 26.3 Å². The van der Waals surface area contributed by atoms with Gasteiger partial charge in [0.2, 0.25) is 15.9 Å². The first-order valence-corrected chi connectivity index (χ1v) is 11.8. The molecule has 3 aromatic rings. The van der Waals surface area contributed by atoms with Gasteiger partial charge in [0.15, 0.2) is 0 Å². The molecular formula is C22H19Cl3N2O3S. The molecule has 0 atom stereocenters. The van der Waals surface area contributed by atoms with Crippen LogP contribution in [0.5, 0.6) is 0 Å². The molecule has 0 aromatic heterocycles. The number of rotatable bonds is 7. The van der Waals surface area contributed by atoms with Crippen molar-refractivity contribution in [1.82, 2.24) is 4.31 Å². The number of benzene rings is 3. The fourth-order valence-corrected chi connectivity index (χ4v) is 4.66. The Balaban J connectivity index is 1.89. The minimum atomic E-state index is -3.98. The zero-order valence-corrected chi connectivity index (χ0v) is 19.6. The highest BCUT2D eigenvalue weighted by atomic mass is 35.5. The van der Waals surface area contributed by atoms with Crippen molar-refractivity contribution in [1.29, 1.82) is 0 Å². The number of carbonyl (C=O) groups is 1. The minimum absolute atomic E-state index is 0.00984. The van der Waals surface area contributed by atoms with E-state index >= 15 is 0 Å². The average molecular weight is 498 g/mol. The molecule has 0 aliphatic rings. The molecule has 0 aliphatic heterocycles. The summed E-state index contributed by atoms with van der Waals surface area (Å²) in [5.41, 5.74) is 2.02. The van der Waals surface area contributed by atoms with Gasteiger partial charge in [0.25, 0.3) is 0 Å². The van der Waals surface area contributed by atoms with Gasteiger partial charge in [-0.3, -0.25) is 4.79 Å². The second kappa shape index (κ2) is 10.0. The van der Waals surface area contributed by atoms with Crippen LogP contribution in [0.15, 0.2) is 71.6 Å². The fourth-order valence-electron chi connectivity index (χ4n) is 2.85. The van der Waals surface area contributed by atoms with Crippen molar-refractivity contribution >= 4 is 56.4 Å². The van der Waals surface area contributed by atoms with Crippen molar-refractivity contribution in [2.45, 2.75) is 18.4 Å². The van der Waals surface area contributed by atoms with Gasteiger partial charge < -0.3 is 5.32 Å². The molecule has 5 nitrogen and oxygen atoms in total. The maximum atomic E-state index is 13.3. The SMILES string of the molecule is Cc1ccc(Cl)cc1NC(=O)CN(Cc1ccc(Cl)cc1)S(=O)(=O)c1ccc(Cl)cc1. The van der Waals surface area contributed by atoms with Crippen LogP contribution < -0.4 is 5.32 Å². The summed E-state index contributed by atoms with van der Waals surface area (Å²) in [7, 11) is -3.98. The number of carbonyl (C=O) groups excluding carboxylic acids is 1. The Bertz CT molecular complexity index is 1180. The van der Waals surface area contributed by atoms with Crippen LogP contribution in [-0.4, -0.2) is 25.2 Å². The third-order valence-electron chi connectivity index (χ3n) is 4.52. The van der Waals surface area contributed by atoms with E-state index in [1.54, 1.807) is 42.5 Å². The quantitative estimate of drug-likeness (QED) is 0.449. The zero-order valence-electron chi connectivity index (χ0n) is 16.5. The Morgan fingerprint density at radius 1 is 0.871 bits per heavy atom. The lowest BCUT2D eigenvalue weighted by molar-refractivity contribution is -0.116. The van der Waals surface area contributed by atoms with Crippen LogP contribution in [0, 0.1) is 6.92 Å². The van der Waals surface area contributed by atoms with E-state index in [2.05, 4.69) is 5.32 Å². The number of halogens is 3. The number of aryl methyl sites for hydroxylation is 1. The first-order chi connectivity index (χ1) is 14.6. The van der Waals surface area contributed by atoms with E-state index in [4.69, 9.17) is 34.8 Å². The van der Waals surface area contributed by atoms with E-state index in [-0.39, 0.29) is 18.0 Å². The minimum Gasteiger partial charge on any atom is -0.325 e. The molecule has 1 amide bonds. The van der Waals surface area contributed by atoms with Crippen molar-refractivity contribution in [3.63, 3.8) is 0 Å². The van der Waals surface area contributed by atoms with Crippen LogP contribution >= 0.6 is 34.8 Å². The molecule has 0 bridgehead atoms. The maximum Gasteiger partial charge on any atom is 0.243 e. The van der Waals surface area contributed by atoms with Gasteiger partial charge in [-0.1, -0.05) is 53.0 Å². The summed E-state index contributed by atoms with van der Waals surface area (Å²) in [5, 5.41) is 4.15. The van der Waals surface area contributed by atoms with Gasteiger partial charge in [0.1, 0.15) is 0 Å². The van der Waals surface area contributed by atoms with Crippen LogP contribution in [0.25, 0.3) is 0 Å². The molecule has 3 aromatic carbocycles. The first-order valence-electron chi connectivity index (χ1n) is 9.21. The van der Waals surface area contributed by atoms with Gasteiger partial charge in [-0.2, -0.15) is 4.31 Å². The normalized spacial score (nSPS) is 11.5. The predicted molar refractivity (Wildman–Crippen MR) is 125 cm³/mol. The number of sulfonamides is 1. The molecule has 0 saturated carbocycles. The monoisotopic (exact) mass is 496 g/mol. The summed E-state index contributed by atoms with van der Waals surface area (Å²) in [5.74, 6) is -0.489. The predicted octanol–water partition coefficient (Wildman–Crippen LogP) is 5.78. The van der Waals surface area contributed by atoms with Crippen molar-refractivity contribution in [2.24, 2.45) is 0 Å². The Labute approximate surface area is 196 Å². The summed E-state index contributed by atoms with van der Waals surface area (Å²) >= 11 is 17.8. The summed E-state index contributed by atoms with van der Waals surface area (Å²) in [6.45, 7) is 1.42. The van der Waals surface area contributed by atoms with Crippen molar-refractivity contribution in [2.75, 3.05) is 11.9 Å². The average Bonchev–Trinajstić information content (AvgIpc) is 2.72. The van der Waals surface area contributed by atoms with Crippen LogP contribution in [0.1, 0.15) is 11.1 Å². The molecule has 31 heavy (non-hydrogen) atoms. The van der Waals surface area contributed by atoms with E-state index < -0.39 is 15.9 Å². The van der Waals surface area contributed by atoms with E-state index in [0.717, 1.165) is 9.87 Å². The van der Waals surface area contributed by atoms with Gasteiger partial charge in [0, 0.05) is 27.3 Å². The molecule has 0 unspecified atom stereocenters. The number of nitrogens with one attached hydrogen (secondary N) is 1. The Kier molecular flexibility index (Phi) is 7.62. The fraction of sp³-hybridized carbons (Fsp3) is 0.136. The van der Waals surface area contributed by atoms with Crippen LogP contribution in [0.3, 0.4) is 0 Å². The third kappa shape index (κ3) is 6.21. The molecule has 162 valence electrons. The lowest BCUT2D eigenvalue weighted by Crippen LogP contribution is -2.37. The highest BCUT2D eigenvalue weighted by molar-refractivity contribution is 7.89. The van der Waals surface area contributed by atoms with Gasteiger partial charge in [-0.05, 0) is 66.6 Å². The Hall–Kier alpha value is -2.09. The van der Waals surface area contributed by atoms with E-state index in [1.807, 2.05) is 6.92 Å². The highest BCUT2D eigenvalue weighted by Gasteiger charge is 2.27. The second-order valence-electron chi connectivity index (χ2n) is 6.86. The third-order valence-corrected chi connectivity index (χ3v) is 7.06. The summed E-state index contributed by atoms with van der Waals surface area (Å²) in [6.07, 6.45) is 0. The molecule has 1 N–H and O–H groups in total. The molecule has 0 heterocycles. The van der Waals surface area contributed by atoms with Crippen LogP contribution in [0.2, 0.25) is 15.1 Å². The maximum absolute atomic E-state index is 13.3. The van der Waals surface area contributed by atoms with Gasteiger partial charge >= 0.3 is 0 Å². The summed E-state index contributed by atoms with van der Waals surface area (Å²) < 4.78 is 27.7. The molecular weight excluding hydrogens is 479 g/mol. The first kappa shape index (κ1) is 23.6. The van der Waals surface area contributed by atoms with Crippen LogP contribution in [0.4, 0.5) is 5.69 Å². The second-order valence-corrected chi connectivity index (χ2v) is 10.1.